The highest BCUT2D eigenvalue weighted by atomic mass is 15.1. The smallest absolute Gasteiger partial charge is 0.00960 e. The van der Waals surface area contributed by atoms with Crippen molar-refractivity contribution < 1.29 is 0 Å². The lowest BCUT2D eigenvalue weighted by Gasteiger charge is -2.37. The van der Waals surface area contributed by atoms with Crippen molar-refractivity contribution in [2.24, 2.45) is 0 Å². The minimum absolute atomic E-state index is 0.690. The molecule has 1 aliphatic carbocycles. The Kier molecular flexibility index (Phi) is 5.62. The Labute approximate surface area is 95.4 Å². The van der Waals surface area contributed by atoms with Crippen molar-refractivity contribution in [3.05, 3.63) is 0 Å². The number of nitrogens with one attached hydrogen (secondary N) is 1. The van der Waals surface area contributed by atoms with Gasteiger partial charge in [-0.15, -0.1) is 0 Å². The van der Waals surface area contributed by atoms with Crippen molar-refractivity contribution in [1.82, 2.24) is 10.2 Å². The van der Waals surface area contributed by atoms with Gasteiger partial charge >= 0.3 is 0 Å². The first kappa shape index (κ1) is 13.0. The molecule has 0 aromatic carbocycles. The van der Waals surface area contributed by atoms with Gasteiger partial charge in [-0.2, -0.15) is 0 Å². The van der Waals surface area contributed by atoms with Crippen molar-refractivity contribution in [2.75, 3.05) is 13.6 Å². The molecule has 2 nitrogen and oxygen atoms in total. The van der Waals surface area contributed by atoms with Gasteiger partial charge in [-0.25, -0.2) is 0 Å². The average Bonchev–Trinajstić information content (AvgIpc) is 2.26. The van der Waals surface area contributed by atoms with Crippen LogP contribution in [-0.2, 0) is 0 Å². The van der Waals surface area contributed by atoms with Crippen molar-refractivity contribution >= 4 is 0 Å². The third-order valence-electron chi connectivity index (χ3n) is 3.77. The molecular weight excluding hydrogens is 184 g/mol. The minimum Gasteiger partial charge on any atom is -0.314 e. The van der Waals surface area contributed by atoms with E-state index < -0.39 is 0 Å². The summed E-state index contributed by atoms with van der Waals surface area (Å²) in [6.45, 7) is 8.02. The van der Waals surface area contributed by atoms with Crippen LogP contribution < -0.4 is 5.32 Å². The van der Waals surface area contributed by atoms with E-state index in [-0.39, 0.29) is 0 Å². The van der Waals surface area contributed by atoms with Crippen LogP contribution in [0.3, 0.4) is 0 Å². The quantitative estimate of drug-likeness (QED) is 0.753. The molecule has 0 unspecified atom stereocenters. The van der Waals surface area contributed by atoms with Crippen LogP contribution in [-0.4, -0.2) is 36.6 Å². The molecule has 1 saturated carbocycles. The van der Waals surface area contributed by atoms with Gasteiger partial charge in [0, 0.05) is 18.1 Å². The van der Waals surface area contributed by atoms with Gasteiger partial charge < -0.3 is 10.2 Å². The molecule has 1 aliphatic rings. The maximum Gasteiger partial charge on any atom is 0.00960 e. The van der Waals surface area contributed by atoms with E-state index >= 15 is 0 Å². The molecule has 0 bridgehead atoms. The highest BCUT2D eigenvalue weighted by Crippen LogP contribution is 2.23. The molecular formula is C13H28N2. The Morgan fingerprint density at radius 3 is 2.27 bits per heavy atom. The largest absolute Gasteiger partial charge is 0.314 e. The van der Waals surface area contributed by atoms with Gasteiger partial charge in [0.05, 0.1) is 0 Å². The minimum atomic E-state index is 0.690. The molecule has 0 amide bonds. The first-order valence-corrected chi connectivity index (χ1v) is 6.60. The van der Waals surface area contributed by atoms with Gasteiger partial charge in [-0.1, -0.05) is 6.92 Å². The molecule has 0 aromatic rings. The van der Waals surface area contributed by atoms with E-state index in [1.54, 1.807) is 0 Å². The normalized spacial score (nSPS) is 27.6. The molecule has 0 aliphatic heterocycles. The Morgan fingerprint density at radius 1 is 1.20 bits per heavy atom. The van der Waals surface area contributed by atoms with Crippen molar-refractivity contribution in [2.45, 2.75) is 71.0 Å². The molecule has 0 atom stereocenters. The van der Waals surface area contributed by atoms with Gasteiger partial charge in [0.25, 0.3) is 0 Å². The zero-order valence-electron chi connectivity index (χ0n) is 10.9. The van der Waals surface area contributed by atoms with E-state index in [2.05, 4.69) is 38.0 Å². The summed E-state index contributed by atoms with van der Waals surface area (Å²) in [4.78, 5) is 2.54. The van der Waals surface area contributed by atoms with E-state index in [1.165, 1.54) is 38.6 Å². The van der Waals surface area contributed by atoms with E-state index in [1.807, 2.05) is 0 Å². The second-order valence-electron chi connectivity index (χ2n) is 5.22. The van der Waals surface area contributed by atoms with Crippen LogP contribution in [0.15, 0.2) is 0 Å². The fourth-order valence-electron chi connectivity index (χ4n) is 2.46. The average molecular weight is 212 g/mol. The van der Waals surface area contributed by atoms with Crippen molar-refractivity contribution in [3.63, 3.8) is 0 Å². The van der Waals surface area contributed by atoms with Crippen LogP contribution in [0.1, 0.15) is 52.9 Å². The molecule has 0 radical (unpaired) electrons. The fourth-order valence-corrected chi connectivity index (χ4v) is 2.46. The highest BCUT2D eigenvalue weighted by Gasteiger charge is 2.24. The Bertz CT molecular complexity index is 160. The first-order valence-electron chi connectivity index (χ1n) is 6.60. The predicted molar refractivity (Wildman–Crippen MR) is 67.2 cm³/mol. The zero-order valence-corrected chi connectivity index (χ0v) is 10.9. The monoisotopic (exact) mass is 212 g/mol. The number of hydrogen-bond donors (Lipinski definition) is 1. The third-order valence-corrected chi connectivity index (χ3v) is 3.77. The van der Waals surface area contributed by atoms with Crippen LogP contribution in [0.5, 0.6) is 0 Å². The zero-order chi connectivity index (χ0) is 11.3. The van der Waals surface area contributed by atoms with E-state index in [0.29, 0.717) is 6.04 Å². The van der Waals surface area contributed by atoms with Crippen molar-refractivity contribution in [3.8, 4) is 0 Å². The van der Waals surface area contributed by atoms with E-state index in [0.717, 1.165) is 12.1 Å². The maximum atomic E-state index is 3.64. The van der Waals surface area contributed by atoms with Crippen LogP contribution in [0.4, 0.5) is 0 Å². The lowest BCUT2D eigenvalue weighted by atomic mass is 9.90. The topological polar surface area (TPSA) is 15.3 Å². The van der Waals surface area contributed by atoms with Gasteiger partial charge in [-0.3, -0.25) is 0 Å². The number of rotatable bonds is 5. The molecule has 2 heteroatoms. The first-order chi connectivity index (χ1) is 7.15. The Balaban J connectivity index is 2.23. The summed E-state index contributed by atoms with van der Waals surface area (Å²) >= 11 is 0. The summed E-state index contributed by atoms with van der Waals surface area (Å²) in [6, 6.07) is 2.31. The van der Waals surface area contributed by atoms with Gasteiger partial charge in [-0.05, 0) is 59.5 Å². The molecule has 0 aromatic heterocycles. The second kappa shape index (κ2) is 6.49. The third kappa shape index (κ3) is 4.12. The summed E-state index contributed by atoms with van der Waals surface area (Å²) < 4.78 is 0. The van der Waals surface area contributed by atoms with Crippen LogP contribution in [0.2, 0.25) is 0 Å². The number of nitrogens with zero attached hydrogens (tertiary/aromatic N) is 1. The summed E-state index contributed by atoms with van der Waals surface area (Å²) in [5.41, 5.74) is 0. The van der Waals surface area contributed by atoms with Crippen molar-refractivity contribution in [1.29, 1.82) is 0 Å². The predicted octanol–water partition coefficient (Wildman–Crippen LogP) is 2.64. The molecule has 0 spiro atoms. The van der Waals surface area contributed by atoms with Crippen LogP contribution in [0, 0.1) is 0 Å². The molecule has 1 N–H and O–H groups in total. The Morgan fingerprint density at radius 2 is 1.80 bits per heavy atom. The molecule has 0 heterocycles. The van der Waals surface area contributed by atoms with Gasteiger partial charge in [0.1, 0.15) is 0 Å². The Hall–Kier alpha value is -0.0800. The summed E-state index contributed by atoms with van der Waals surface area (Å²) in [5, 5.41) is 3.64. The highest BCUT2D eigenvalue weighted by molar-refractivity contribution is 4.82. The molecule has 1 fully saturated rings. The lowest BCUT2D eigenvalue weighted by molar-refractivity contribution is 0.142. The maximum absolute atomic E-state index is 3.64. The van der Waals surface area contributed by atoms with E-state index in [9.17, 15) is 0 Å². The summed E-state index contributed by atoms with van der Waals surface area (Å²) in [6.07, 6.45) is 6.72. The molecule has 1 rings (SSSR count). The SMILES string of the molecule is CCCNC1CCC(N(C)C(C)C)CC1. The lowest BCUT2D eigenvalue weighted by Crippen LogP contribution is -2.43. The molecule has 0 saturated heterocycles. The second-order valence-corrected chi connectivity index (χ2v) is 5.22. The standard InChI is InChI=1S/C13H28N2/c1-5-10-14-12-6-8-13(9-7-12)15(4)11(2)3/h11-14H,5-10H2,1-4H3. The summed E-state index contributed by atoms with van der Waals surface area (Å²) in [7, 11) is 2.27. The fraction of sp³-hybridized carbons (Fsp3) is 1.00. The molecule has 90 valence electrons. The molecule has 15 heavy (non-hydrogen) atoms. The van der Waals surface area contributed by atoms with Crippen LogP contribution >= 0.6 is 0 Å². The van der Waals surface area contributed by atoms with Gasteiger partial charge in [0.2, 0.25) is 0 Å². The van der Waals surface area contributed by atoms with Gasteiger partial charge in [0.15, 0.2) is 0 Å². The summed E-state index contributed by atoms with van der Waals surface area (Å²) in [5.74, 6) is 0. The van der Waals surface area contributed by atoms with E-state index in [4.69, 9.17) is 0 Å². The van der Waals surface area contributed by atoms with Crippen LogP contribution in [0.25, 0.3) is 0 Å². The number of hydrogen-bond acceptors (Lipinski definition) is 2.